The fourth-order valence-electron chi connectivity index (χ4n) is 2.25. The van der Waals surface area contributed by atoms with Crippen LogP contribution in [-0.4, -0.2) is 19.7 Å². The SMILES string of the molecule is CC(c1ccc(Br)cc1)n1c(-c2cccnc2)n[nH]c1=S. The minimum atomic E-state index is 0.0829. The quantitative estimate of drug-likeness (QED) is 0.705. The van der Waals surface area contributed by atoms with E-state index in [0.717, 1.165) is 15.9 Å². The first kappa shape index (κ1) is 14.2. The summed E-state index contributed by atoms with van der Waals surface area (Å²) in [6.07, 6.45) is 3.53. The van der Waals surface area contributed by atoms with Gasteiger partial charge in [-0.3, -0.25) is 14.6 Å². The maximum absolute atomic E-state index is 5.39. The molecule has 106 valence electrons. The average Bonchev–Trinajstić information content (AvgIpc) is 2.90. The van der Waals surface area contributed by atoms with E-state index in [1.807, 2.05) is 28.8 Å². The van der Waals surface area contributed by atoms with E-state index >= 15 is 0 Å². The molecule has 0 aliphatic carbocycles. The Hall–Kier alpha value is -1.79. The standard InChI is InChI=1S/C15H13BrN4S/c1-10(11-4-6-13(16)7-5-11)20-14(18-19-15(20)21)12-3-2-8-17-9-12/h2-10H,1H3,(H,19,21). The van der Waals surface area contributed by atoms with Crippen LogP contribution in [0, 0.1) is 4.77 Å². The lowest BCUT2D eigenvalue weighted by molar-refractivity contribution is 0.635. The number of hydrogen-bond donors (Lipinski definition) is 1. The molecule has 4 nitrogen and oxygen atoms in total. The zero-order chi connectivity index (χ0) is 14.8. The second-order valence-corrected chi connectivity index (χ2v) is 5.99. The van der Waals surface area contributed by atoms with Gasteiger partial charge in [-0.1, -0.05) is 28.1 Å². The maximum atomic E-state index is 5.39. The first-order chi connectivity index (χ1) is 10.2. The van der Waals surface area contributed by atoms with Gasteiger partial charge in [0.1, 0.15) is 0 Å². The van der Waals surface area contributed by atoms with Gasteiger partial charge in [0.25, 0.3) is 0 Å². The number of H-pyrrole nitrogens is 1. The Bertz CT molecular complexity index is 793. The van der Waals surface area contributed by atoms with E-state index in [0.29, 0.717) is 4.77 Å². The largest absolute Gasteiger partial charge is 0.293 e. The Morgan fingerprint density at radius 1 is 1.24 bits per heavy atom. The molecule has 0 spiro atoms. The highest BCUT2D eigenvalue weighted by molar-refractivity contribution is 9.10. The number of benzene rings is 1. The molecule has 6 heteroatoms. The summed E-state index contributed by atoms with van der Waals surface area (Å²) in [5.41, 5.74) is 2.11. The summed E-state index contributed by atoms with van der Waals surface area (Å²) in [4.78, 5) is 4.15. The first-order valence-electron chi connectivity index (χ1n) is 6.49. The molecule has 2 heterocycles. The van der Waals surface area contributed by atoms with Crippen molar-refractivity contribution in [1.82, 2.24) is 19.7 Å². The van der Waals surface area contributed by atoms with E-state index in [2.05, 4.69) is 50.2 Å². The number of hydrogen-bond acceptors (Lipinski definition) is 3. The van der Waals surface area contributed by atoms with Gasteiger partial charge in [0.2, 0.25) is 0 Å². The topological polar surface area (TPSA) is 46.5 Å². The Kier molecular flexibility index (Phi) is 3.98. The second kappa shape index (κ2) is 5.91. The summed E-state index contributed by atoms with van der Waals surface area (Å²) >= 11 is 8.84. The molecule has 0 radical (unpaired) electrons. The summed E-state index contributed by atoms with van der Waals surface area (Å²) in [7, 11) is 0. The first-order valence-corrected chi connectivity index (χ1v) is 7.69. The molecular weight excluding hydrogens is 348 g/mol. The van der Waals surface area contributed by atoms with Gasteiger partial charge in [-0.25, -0.2) is 0 Å². The zero-order valence-corrected chi connectivity index (χ0v) is 13.7. The highest BCUT2D eigenvalue weighted by atomic mass is 79.9. The summed E-state index contributed by atoms with van der Waals surface area (Å²) in [6, 6.07) is 12.2. The van der Waals surface area contributed by atoms with Crippen LogP contribution < -0.4 is 0 Å². The monoisotopic (exact) mass is 360 g/mol. The van der Waals surface area contributed by atoms with E-state index in [9.17, 15) is 0 Å². The smallest absolute Gasteiger partial charge is 0.196 e. The predicted molar refractivity (Wildman–Crippen MR) is 88.6 cm³/mol. The van der Waals surface area contributed by atoms with Crippen LogP contribution >= 0.6 is 28.1 Å². The highest BCUT2D eigenvalue weighted by Crippen LogP contribution is 2.26. The summed E-state index contributed by atoms with van der Waals surface area (Å²) in [5.74, 6) is 0.795. The van der Waals surface area contributed by atoms with Gasteiger partial charge in [0.05, 0.1) is 6.04 Å². The lowest BCUT2D eigenvalue weighted by atomic mass is 10.1. The van der Waals surface area contributed by atoms with Crippen LogP contribution in [0.3, 0.4) is 0 Å². The Morgan fingerprint density at radius 3 is 2.67 bits per heavy atom. The summed E-state index contributed by atoms with van der Waals surface area (Å²) in [6.45, 7) is 2.11. The second-order valence-electron chi connectivity index (χ2n) is 4.69. The molecule has 21 heavy (non-hydrogen) atoms. The molecule has 0 saturated heterocycles. The lowest BCUT2D eigenvalue weighted by Gasteiger charge is -2.16. The Balaban J connectivity index is 2.08. The normalized spacial score (nSPS) is 12.3. The van der Waals surface area contributed by atoms with Crippen molar-refractivity contribution in [3.8, 4) is 11.4 Å². The van der Waals surface area contributed by atoms with Gasteiger partial charge in [-0.15, -0.1) is 0 Å². The molecule has 0 aliphatic rings. The molecule has 1 aromatic carbocycles. The van der Waals surface area contributed by atoms with Gasteiger partial charge in [-0.2, -0.15) is 5.10 Å². The summed E-state index contributed by atoms with van der Waals surface area (Å²) in [5, 5.41) is 7.22. The van der Waals surface area contributed by atoms with Crippen molar-refractivity contribution in [3.63, 3.8) is 0 Å². The van der Waals surface area contributed by atoms with Crippen molar-refractivity contribution in [1.29, 1.82) is 0 Å². The fraction of sp³-hybridized carbons (Fsp3) is 0.133. The number of aromatic amines is 1. The molecule has 0 saturated carbocycles. The van der Waals surface area contributed by atoms with Crippen LogP contribution in [0.15, 0.2) is 53.3 Å². The molecule has 1 N–H and O–H groups in total. The maximum Gasteiger partial charge on any atom is 0.196 e. The third kappa shape index (κ3) is 2.82. The molecule has 3 aromatic rings. The van der Waals surface area contributed by atoms with Crippen LogP contribution in [0.25, 0.3) is 11.4 Å². The number of halogens is 1. The van der Waals surface area contributed by atoms with Crippen LogP contribution in [0.5, 0.6) is 0 Å². The van der Waals surface area contributed by atoms with Gasteiger partial charge in [-0.05, 0) is 49.0 Å². The number of pyridine rings is 1. The van der Waals surface area contributed by atoms with Crippen LogP contribution in [0.1, 0.15) is 18.5 Å². The summed E-state index contributed by atoms with van der Waals surface area (Å²) < 4.78 is 3.67. The minimum absolute atomic E-state index is 0.0829. The zero-order valence-electron chi connectivity index (χ0n) is 11.3. The minimum Gasteiger partial charge on any atom is -0.293 e. The molecule has 0 aliphatic heterocycles. The number of rotatable bonds is 3. The molecule has 1 atom stereocenters. The molecule has 0 amide bonds. The lowest BCUT2D eigenvalue weighted by Crippen LogP contribution is -2.08. The Labute approximate surface area is 136 Å². The third-order valence-electron chi connectivity index (χ3n) is 3.36. The van der Waals surface area contributed by atoms with Crippen molar-refractivity contribution in [3.05, 3.63) is 63.6 Å². The van der Waals surface area contributed by atoms with E-state index in [-0.39, 0.29) is 6.04 Å². The van der Waals surface area contributed by atoms with Crippen molar-refractivity contribution < 1.29 is 0 Å². The molecule has 3 rings (SSSR count). The Morgan fingerprint density at radius 2 is 2.00 bits per heavy atom. The molecular formula is C15H13BrN4S. The van der Waals surface area contributed by atoms with E-state index in [1.54, 1.807) is 12.4 Å². The van der Waals surface area contributed by atoms with Gasteiger partial charge >= 0.3 is 0 Å². The van der Waals surface area contributed by atoms with E-state index in [1.165, 1.54) is 5.56 Å². The number of nitrogens with zero attached hydrogens (tertiary/aromatic N) is 3. The molecule has 2 aromatic heterocycles. The highest BCUT2D eigenvalue weighted by Gasteiger charge is 2.16. The number of aromatic nitrogens is 4. The van der Waals surface area contributed by atoms with Gasteiger partial charge in [0, 0.05) is 22.4 Å². The third-order valence-corrected chi connectivity index (χ3v) is 4.18. The van der Waals surface area contributed by atoms with Crippen LogP contribution in [0.2, 0.25) is 0 Å². The molecule has 0 bridgehead atoms. The van der Waals surface area contributed by atoms with Crippen molar-refractivity contribution in [2.75, 3.05) is 0 Å². The van der Waals surface area contributed by atoms with E-state index < -0.39 is 0 Å². The average molecular weight is 361 g/mol. The molecule has 0 fully saturated rings. The van der Waals surface area contributed by atoms with Crippen LogP contribution in [0.4, 0.5) is 0 Å². The van der Waals surface area contributed by atoms with Gasteiger partial charge in [0.15, 0.2) is 10.6 Å². The van der Waals surface area contributed by atoms with Gasteiger partial charge < -0.3 is 0 Å². The number of nitrogens with one attached hydrogen (secondary N) is 1. The fourth-order valence-corrected chi connectivity index (χ4v) is 2.81. The van der Waals surface area contributed by atoms with E-state index in [4.69, 9.17) is 12.2 Å². The predicted octanol–water partition coefficient (Wildman–Crippen LogP) is 4.37. The van der Waals surface area contributed by atoms with Crippen molar-refractivity contribution in [2.45, 2.75) is 13.0 Å². The van der Waals surface area contributed by atoms with Crippen molar-refractivity contribution in [2.24, 2.45) is 0 Å². The molecule has 1 unspecified atom stereocenters. The van der Waals surface area contributed by atoms with Crippen LogP contribution in [-0.2, 0) is 0 Å². The van der Waals surface area contributed by atoms with Crippen molar-refractivity contribution >= 4 is 28.1 Å².